The summed E-state index contributed by atoms with van der Waals surface area (Å²) < 4.78 is 9.40. The maximum atomic E-state index is 10.8. The number of carbonyl (C=O) groups is 2. The molecule has 31 heavy (non-hydrogen) atoms. The number of hydrogen-bond acceptors (Lipinski definition) is 4. The third-order valence-corrected chi connectivity index (χ3v) is 5.05. The monoisotopic (exact) mass is 458 g/mol. The lowest BCUT2D eigenvalue weighted by Crippen LogP contribution is -2.01. The van der Waals surface area contributed by atoms with Crippen molar-refractivity contribution in [3.05, 3.63) is 25.3 Å². The summed E-state index contributed by atoms with van der Waals surface area (Å²) in [5.74, 6) is -0.392. The van der Waals surface area contributed by atoms with Crippen molar-refractivity contribution in [1.82, 2.24) is 0 Å². The molecule has 0 N–H and O–H groups in total. The summed E-state index contributed by atoms with van der Waals surface area (Å²) in [5, 5.41) is 0. The maximum absolute atomic E-state index is 10.8. The van der Waals surface area contributed by atoms with Gasteiger partial charge in [0.15, 0.2) is 0 Å². The van der Waals surface area contributed by atoms with Crippen LogP contribution in [0.5, 0.6) is 0 Å². The number of unbranched alkanes of at least 4 members (excludes halogenated alkanes) is 15. The lowest BCUT2D eigenvalue weighted by atomic mass is 10.0. The molecule has 0 atom stereocenters. The number of halogens is 1. The van der Waals surface area contributed by atoms with Crippen molar-refractivity contribution in [3.63, 3.8) is 0 Å². The van der Waals surface area contributed by atoms with E-state index >= 15 is 0 Å². The van der Waals surface area contributed by atoms with Crippen LogP contribution in [0.15, 0.2) is 25.3 Å². The summed E-state index contributed by atoms with van der Waals surface area (Å²) in [6, 6.07) is 0. The summed E-state index contributed by atoms with van der Waals surface area (Å²) in [4.78, 5) is 21.0. The van der Waals surface area contributed by atoms with E-state index in [4.69, 9.17) is 16.3 Å². The smallest absolute Gasteiger partial charge is 0.330 e. The summed E-state index contributed by atoms with van der Waals surface area (Å²) in [7, 11) is 0. The highest BCUT2D eigenvalue weighted by Crippen LogP contribution is 2.13. The van der Waals surface area contributed by atoms with Gasteiger partial charge in [0.05, 0.1) is 12.5 Å². The van der Waals surface area contributed by atoms with Crippen molar-refractivity contribution in [2.75, 3.05) is 19.1 Å². The zero-order valence-corrected chi connectivity index (χ0v) is 20.8. The van der Waals surface area contributed by atoms with Crippen LogP contribution >= 0.6 is 11.6 Å². The molecule has 0 bridgehead atoms. The molecule has 0 saturated carbocycles. The molecular weight excluding hydrogens is 412 g/mol. The Morgan fingerprint density at radius 2 is 0.935 bits per heavy atom. The van der Waals surface area contributed by atoms with Gasteiger partial charge < -0.3 is 9.47 Å². The Bertz CT molecular complexity index is 424. The van der Waals surface area contributed by atoms with Gasteiger partial charge in [0.2, 0.25) is 0 Å². The first-order valence-electron chi connectivity index (χ1n) is 12.3. The van der Waals surface area contributed by atoms with Gasteiger partial charge in [-0.2, -0.15) is 0 Å². The lowest BCUT2D eigenvalue weighted by Gasteiger charge is -2.04. The molecule has 0 fully saturated rings. The molecule has 0 aliphatic rings. The topological polar surface area (TPSA) is 52.6 Å². The largest absolute Gasteiger partial charge is 0.463 e. The van der Waals surface area contributed by atoms with Gasteiger partial charge in [-0.05, 0) is 6.42 Å². The number of esters is 2. The van der Waals surface area contributed by atoms with E-state index in [1.807, 2.05) is 0 Å². The van der Waals surface area contributed by atoms with Gasteiger partial charge in [-0.25, -0.2) is 9.59 Å². The first-order chi connectivity index (χ1) is 15.1. The molecular formula is C26H47ClO4. The molecule has 0 unspecified atom stereocenters. The molecule has 0 aromatic heterocycles. The van der Waals surface area contributed by atoms with E-state index in [1.54, 1.807) is 0 Å². The van der Waals surface area contributed by atoms with E-state index in [0.29, 0.717) is 12.5 Å². The van der Waals surface area contributed by atoms with E-state index in [9.17, 15) is 9.59 Å². The fourth-order valence-corrected chi connectivity index (χ4v) is 3.16. The van der Waals surface area contributed by atoms with E-state index < -0.39 is 5.97 Å². The minimum absolute atomic E-state index is 0.256. The van der Waals surface area contributed by atoms with Crippen LogP contribution in [0.4, 0.5) is 0 Å². The maximum Gasteiger partial charge on any atom is 0.330 e. The SMILES string of the molecule is C=CC(=O)OCCCCCCCCCCCCCCCCCC.C=CC(=O)OCCCl. The molecule has 0 aromatic carbocycles. The van der Waals surface area contributed by atoms with Gasteiger partial charge in [0.1, 0.15) is 6.61 Å². The summed E-state index contributed by atoms with van der Waals surface area (Å²) in [5.41, 5.74) is 0. The van der Waals surface area contributed by atoms with Crippen LogP contribution in [0.1, 0.15) is 110 Å². The average Bonchev–Trinajstić information content (AvgIpc) is 2.79. The second kappa shape index (κ2) is 28.7. The van der Waals surface area contributed by atoms with Crippen LogP contribution in [0.25, 0.3) is 0 Å². The van der Waals surface area contributed by atoms with E-state index in [2.05, 4.69) is 24.8 Å². The van der Waals surface area contributed by atoms with Crippen molar-refractivity contribution < 1.29 is 19.1 Å². The molecule has 0 saturated heterocycles. The molecule has 0 amide bonds. The zero-order chi connectivity index (χ0) is 23.4. The Morgan fingerprint density at radius 3 is 1.26 bits per heavy atom. The van der Waals surface area contributed by atoms with Crippen molar-refractivity contribution in [2.24, 2.45) is 0 Å². The number of alkyl halides is 1. The van der Waals surface area contributed by atoms with Crippen LogP contribution in [0.3, 0.4) is 0 Å². The standard InChI is InChI=1S/C21H40O2.C5H7ClO2/c1-3-5-6-7-8-9-10-11-12-13-14-15-16-17-18-19-20-23-21(22)4-2;1-2-5(7)8-4-3-6/h4H,2-3,5-20H2,1H3;2H,1,3-4H2. The van der Waals surface area contributed by atoms with Crippen molar-refractivity contribution in [1.29, 1.82) is 0 Å². The number of rotatable bonds is 21. The van der Waals surface area contributed by atoms with Gasteiger partial charge in [0.25, 0.3) is 0 Å². The highest BCUT2D eigenvalue weighted by atomic mass is 35.5. The Kier molecular flexibility index (Phi) is 29.5. The van der Waals surface area contributed by atoms with Crippen LogP contribution in [-0.2, 0) is 19.1 Å². The van der Waals surface area contributed by atoms with E-state index in [1.165, 1.54) is 102 Å². The number of hydrogen-bond donors (Lipinski definition) is 0. The lowest BCUT2D eigenvalue weighted by molar-refractivity contribution is -0.138. The summed E-state index contributed by atoms with van der Waals surface area (Å²) in [6.45, 7) is 9.66. The van der Waals surface area contributed by atoms with Crippen LogP contribution in [-0.4, -0.2) is 31.0 Å². The quantitative estimate of drug-likeness (QED) is 0.0757. The van der Waals surface area contributed by atoms with Gasteiger partial charge in [-0.15, -0.1) is 11.6 Å². The highest BCUT2D eigenvalue weighted by molar-refractivity contribution is 6.18. The fourth-order valence-electron chi connectivity index (χ4n) is 3.08. The second-order valence-corrected chi connectivity index (χ2v) is 8.11. The molecule has 0 aliphatic carbocycles. The van der Waals surface area contributed by atoms with Gasteiger partial charge >= 0.3 is 11.9 Å². The van der Waals surface area contributed by atoms with Gasteiger partial charge in [0, 0.05) is 12.2 Å². The Morgan fingerprint density at radius 1 is 0.613 bits per heavy atom. The normalized spacial score (nSPS) is 10.0. The third kappa shape index (κ3) is 31.0. The Labute approximate surface area is 196 Å². The molecule has 0 heterocycles. The molecule has 0 radical (unpaired) electrons. The Balaban J connectivity index is 0. The molecule has 0 aliphatic heterocycles. The van der Waals surface area contributed by atoms with Crippen LogP contribution < -0.4 is 0 Å². The summed E-state index contributed by atoms with van der Waals surface area (Å²) in [6.07, 6.45) is 24.1. The third-order valence-electron chi connectivity index (χ3n) is 4.90. The minimum atomic E-state index is -0.425. The molecule has 0 spiro atoms. The second-order valence-electron chi connectivity index (χ2n) is 7.74. The molecule has 0 aromatic rings. The minimum Gasteiger partial charge on any atom is -0.463 e. The Hall–Kier alpha value is -1.29. The van der Waals surface area contributed by atoms with E-state index in [-0.39, 0.29) is 12.6 Å². The fraction of sp³-hybridized carbons (Fsp3) is 0.769. The zero-order valence-electron chi connectivity index (χ0n) is 20.0. The number of ether oxygens (including phenoxy) is 2. The highest BCUT2D eigenvalue weighted by Gasteiger charge is 1.96. The van der Waals surface area contributed by atoms with E-state index in [0.717, 1.165) is 12.5 Å². The first kappa shape index (κ1) is 31.9. The van der Waals surface area contributed by atoms with Crippen LogP contribution in [0, 0.1) is 0 Å². The average molecular weight is 459 g/mol. The van der Waals surface area contributed by atoms with Gasteiger partial charge in [-0.3, -0.25) is 0 Å². The van der Waals surface area contributed by atoms with Crippen molar-refractivity contribution in [3.8, 4) is 0 Å². The first-order valence-corrected chi connectivity index (χ1v) is 12.8. The molecule has 4 nitrogen and oxygen atoms in total. The molecule has 0 rings (SSSR count). The van der Waals surface area contributed by atoms with Crippen molar-refractivity contribution in [2.45, 2.75) is 110 Å². The number of carbonyl (C=O) groups excluding carboxylic acids is 2. The summed E-state index contributed by atoms with van der Waals surface area (Å²) >= 11 is 5.19. The molecule has 5 heteroatoms. The molecule has 182 valence electrons. The van der Waals surface area contributed by atoms with Crippen LogP contribution in [0.2, 0.25) is 0 Å². The van der Waals surface area contributed by atoms with Gasteiger partial charge in [-0.1, -0.05) is 116 Å². The van der Waals surface area contributed by atoms with Crippen molar-refractivity contribution >= 4 is 23.5 Å². The predicted octanol–water partition coefficient (Wildman–Crippen LogP) is 7.93. The predicted molar refractivity (Wildman–Crippen MR) is 133 cm³/mol.